The molecule has 3 aromatic rings. The summed E-state index contributed by atoms with van der Waals surface area (Å²) in [6, 6.07) is 23.2. The number of hydrogen-bond donors (Lipinski definition) is 1. The summed E-state index contributed by atoms with van der Waals surface area (Å²) in [7, 11) is 0. The zero-order valence-corrected chi connectivity index (χ0v) is 21.4. The Morgan fingerprint density at radius 3 is 2.31 bits per heavy atom. The molecular formula is C32H37FN2. The van der Waals surface area contributed by atoms with E-state index in [9.17, 15) is 4.39 Å². The molecule has 0 aliphatic carbocycles. The highest BCUT2D eigenvalue weighted by Gasteiger charge is 2.08. The molecule has 0 amide bonds. The van der Waals surface area contributed by atoms with Gasteiger partial charge in [0.05, 0.1) is 18.0 Å². The normalized spacial score (nSPS) is 11.7. The van der Waals surface area contributed by atoms with Crippen molar-refractivity contribution in [2.24, 2.45) is 4.99 Å². The smallest absolute Gasteiger partial charge is 0.125 e. The van der Waals surface area contributed by atoms with Crippen LogP contribution >= 0.6 is 0 Å². The highest BCUT2D eigenvalue weighted by molar-refractivity contribution is 6.11. The Kier molecular flexibility index (Phi) is 11.4. The van der Waals surface area contributed by atoms with E-state index in [4.69, 9.17) is 0 Å². The van der Waals surface area contributed by atoms with Gasteiger partial charge in [-0.1, -0.05) is 79.7 Å². The molecule has 3 aromatic carbocycles. The van der Waals surface area contributed by atoms with Crippen LogP contribution in [0, 0.1) is 19.7 Å². The third kappa shape index (κ3) is 9.97. The standard InChI is InChI=1S/C13H13FN2.C10H14.C9H10/c1-9-6-13(15-8-9)10(2)16-12-5-3-4-11(14)7-12;1-4-10-7-8(2)5-6-9(10)3;1-2-6-9-7-4-3-5-8-9/h3-7,16H,2,8H2,1H3;5-7H,4H2,1-3H3;2-5,7-8H,1,6H2. The third-order valence-electron chi connectivity index (χ3n) is 5.42. The Hall–Kier alpha value is -3.72. The molecule has 0 radical (unpaired) electrons. The van der Waals surface area contributed by atoms with E-state index in [0.29, 0.717) is 11.4 Å². The summed E-state index contributed by atoms with van der Waals surface area (Å²) in [5.74, 6) is -0.266. The largest absolute Gasteiger partial charge is 0.354 e. The van der Waals surface area contributed by atoms with Crippen LogP contribution in [0.1, 0.15) is 36.1 Å². The highest BCUT2D eigenvalue weighted by Crippen LogP contribution is 2.15. The number of hydrogen-bond acceptors (Lipinski definition) is 2. The molecule has 0 atom stereocenters. The van der Waals surface area contributed by atoms with Gasteiger partial charge in [0.25, 0.3) is 0 Å². The molecule has 0 saturated heterocycles. The molecule has 182 valence electrons. The first-order valence-corrected chi connectivity index (χ1v) is 12.0. The van der Waals surface area contributed by atoms with Crippen molar-refractivity contribution >= 4 is 11.4 Å². The lowest BCUT2D eigenvalue weighted by molar-refractivity contribution is 0.628. The van der Waals surface area contributed by atoms with E-state index in [-0.39, 0.29) is 5.82 Å². The van der Waals surface area contributed by atoms with Gasteiger partial charge in [-0.25, -0.2) is 4.39 Å². The number of allylic oxidation sites excluding steroid dienone is 2. The molecule has 0 unspecified atom stereocenters. The Morgan fingerprint density at radius 1 is 1.00 bits per heavy atom. The molecule has 1 heterocycles. The van der Waals surface area contributed by atoms with Gasteiger partial charge in [-0.15, -0.1) is 6.58 Å². The van der Waals surface area contributed by atoms with E-state index in [1.807, 2.05) is 37.3 Å². The minimum absolute atomic E-state index is 0.266. The Morgan fingerprint density at radius 2 is 1.74 bits per heavy atom. The van der Waals surface area contributed by atoms with Crippen molar-refractivity contribution in [1.29, 1.82) is 0 Å². The number of benzene rings is 3. The van der Waals surface area contributed by atoms with Gasteiger partial charge in [-0.2, -0.15) is 0 Å². The zero-order valence-electron chi connectivity index (χ0n) is 21.4. The first kappa shape index (κ1) is 27.5. The number of aryl methyl sites for hydroxylation is 3. The molecule has 0 fully saturated rings. The number of nitrogens with zero attached hydrogens (tertiary/aromatic N) is 1. The van der Waals surface area contributed by atoms with E-state index >= 15 is 0 Å². The number of halogens is 1. The lowest BCUT2D eigenvalue weighted by Crippen LogP contribution is -2.06. The van der Waals surface area contributed by atoms with Crippen molar-refractivity contribution in [2.45, 2.75) is 40.5 Å². The minimum Gasteiger partial charge on any atom is -0.354 e. The second kappa shape index (κ2) is 14.5. The summed E-state index contributed by atoms with van der Waals surface area (Å²) < 4.78 is 12.9. The number of rotatable bonds is 6. The highest BCUT2D eigenvalue weighted by atomic mass is 19.1. The monoisotopic (exact) mass is 468 g/mol. The molecule has 4 rings (SSSR count). The van der Waals surface area contributed by atoms with Gasteiger partial charge in [0.1, 0.15) is 5.82 Å². The van der Waals surface area contributed by atoms with Crippen LogP contribution in [0.4, 0.5) is 10.1 Å². The van der Waals surface area contributed by atoms with Gasteiger partial charge < -0.3 is 5.32 Å². The lowest BCUT2D eigenvalue weighted by Gasteiger charge is -2.08. The van der Waals surface area contributed by atoms with Gasteiger partial charge >= 0.3 is 0 Å². The van der Waals surface area contributed by atoms with Gasteiger partial charge in [0.2, 0.25) is 0 Å². The molecule has 0 bridgehead atoms. The van der Waals surface area contributed by atoms with Crippen molar-refractivity contribution in [1.82, 2.24) is 0 Å². The van der Waals surface area contributed by atoms with Crippen LogP contribution in [-0.4, -0.2) is 12.3 Å². The molecule has 0 spiro atoms. The Bertz CT molecular complexity index is 1170. The van der Waals surface area contributed by atoms with Gasteiger partial charge in [0.15, 0.2) is 0 Å². The average molecular weight is 469 g/mol. The fourth-order valence-corrected chi connectivity index (χ4v) is 3.48. The molecule has 1 N–H and O–H groups in total. The van der Waals surface area contributed by atoms with Crippen molar-refractivity contribution in [3.05, 3.63) is 137 Å². The summed E-state index contributed by atoms with van der Waals surface area (Å²) in [4.78, 5) is 4.30. The maximum Gasteiger partial charge on any atom is 0.125 e. The summed E-state index contributed by atoms with van der Waals surface area (Å²) in [5.41, 5.74) is 9.00. The van der Waals surface area contributed by atoms with E-state index in [1.165, 1.54) is 40.0 Å². The number of nitrogens with one attached hydrogen (secondary N) is 1. The molecule has 3 heteroatoms. The second-order valence-electron chi connectivity index (χ2n) is 8.57. The molecule has 0 saturated carbocycles. The summed E-state index contributed by atoms with van der Waals surface area (Å²) in [6.45, 7) is 16.8. The van der Waals surface area contributed by atoms with Gasteiger partial charge in [-0.05, 0) is 80.2 Å². The maximum absolute atomic E-state index is 12.9. The van der Waals surface area contributed by atoms with Crippen LogP contribution in [0.2, 0.25) is 0 Å². The second-order valence-corrected chi connectivity index (χ2v) is 8.57. The third-order valence-corrected chi connectivity index (χ3v) is 5.42. The predicted molar refractivity (Wildman–Crippen MR) is 151 cm³/mol. The van der Waals surface area contributed by atoms with E-state index in [2.05, 4.69) is 74.6 Å². The van der Waals surface area contributed by atoms with Crippen LogP contribution < -0.4 is 5.32 Å². The van der Waals surface area contributed by atoms with Crippen LogP contribution in [0.5, 0.6) is 0 Å². The topological polar surface area (TPSA) is 24.4 Å². The quantitative estimate of drug-likeness (QED) is 0.361. The van der Waals surface area contributed by atoms with Crippen LogP contribution in [0.15, 0.2) is 114 Å². The fourth-order valence-electron chi connectivity index (χ4n) is 3.48. The minimum atomic E-state index is -0.266. The van der Waals surface area contributed by atoms with Crippen LogP contribution in [0.3, 0.4) is 0 Å². The van der Waals surface area contributed by atoms with E-state index in [1.54, 1.807) is 12.1 Å². The van der Waals surface area contributed by atoms with Crippen molar-refractivity contribution in [3.8, 4) is 0 Å². The first-order chi connectivity index (χ1) is 16.8. The van der Waals surface area contributed by atoms with Gasteiger partial charge in [-0.3, -0.25) is 4.99 Å². The molecule has 2 nitrogen and oxygen atoms in total. The average Bonchev–Trinajstić information content (AvgIpc) is 3.29. The van der Waals surface area contributed by atoms with E-state index < -0.39 is 0 Å². The fraction of sp³-hybridized carbons (Fsp3) is 0.219. The maximum atomic E-state index is 12.9. The molecular weight excluding hydrogens is 431 g/mol. The van der Waals surface area contributed by atoms with E-state index in [0.717, 1.165) is 25.1 Å². The summed E-state index contributed by atoms with van der Waals surface area (Å²) in [6.07, 6.45) is 6.01. The SMILES string of the molecule is C=C(Nc1cccc(F)c1)C1=NCC(C)=C1.C=CCc1ccccc1.CCc1cc(C)ccc1C. The molecule has 35 heavy (non-hydrogen) atoms. The first-order valence-electron chi connectivity index (χ1n) is 12.0. The summed E-state index contributed by atoms with van der Waals surface area (Å²) in [5, 5.41) is 3.04. The number of anilines is 1. The van der Waals surface area contributed by atoms with Crippen molar-refractivity contribution in [3.63, 3.8) is 0 Å². The zero-order chi connectivity index (χ0) is 25.6. The molecule has 1 aliphatic rings. The van der Waals surface area contributed by atoms with Crippen molar-refractivity contribution in [2.75, 3.05) is 11.9 Å². The van der Waals surface area contributed by atoms with Crippen molar-refractivity contribution < 1.29 is 4.39 Å². The van der Waals surface area contributed by atoms with Crippen LogP contribution in [0.25, 0.3) is 0 Å². The van der Waals surface area contributed by atoms with Gasteiger partial charge in [0, 0.05) is 5.69 Å². The Balaban J connectivity index is 0.000000197. The summed E-state index contributed by atoms with van der Waals surface area (Å²) >= 11 is 0. The number of aliphatic imine (C=N–C) groups is 1. The molecule has 0 aromatic heterocycles. The Labute approximate surface area is 210 Å². The van der Waals surface area contributed by atoms with Crippen LogP contribution in [-0.2, 0) is 12.8 Å². The predicted octanol–water partition coefficient (Wildman–Crippen LogP) is 8.43. The molecule has 1 aliphatic heterocycles. The lowest BCUT2D eigenvalue weighted by atomic mass is 10.0.